The summed E-state index contributed by atoms with van der Waals surface area (Å²) in [6.07, 6.45) is 6.27. The van der Waals surface area contributed by atoms with Crippen LogP contribution in [0.2, 0.25) is 0 Å². The van der Waals surface area contributed by atoms with Crippen molar-refractivity contribution in [2.45, 2.75) is 25.7 Å². The number of nitrogens with one attached hydrogen (secondary N) is 1. The molecule has 72 valence electrons. The Balaban J connectivity index is 2.95. The van der Waals surface area contributed by atoms with Gasteiger partial charge >= 0.3 is 0 Å². The van der Waals surface area contributed by atoms with Gasteiger partial charge in [-0.25, -0.2) is 0 Å². The van der Waals surface area contributed by atoms with Crippen molar-refractivity contribution in [1.29, 1.82) is 0 Å². The number of rotatable bonds is 6. The lowest BCUT2D eigenvalue weighted by atomic mass is 10.2. The second-order valence-corrected chi connectivity index (χ2v) is 3.40. The van der Waals surface area contributed by atoms with E-state index in [0.717, 1.165) is 32.4 Å². The van der Waals surface area contributed by atoms with Crippen LogP contribution < -0.4 is 11.1 Å². The highest BCUT2D eigenvalue weighted by atomic mass is 32.2. The second kappa shape index (κ2) is 8.87. The topological polar surface area (TPSA) is 55.1 Å². The number of hydrogen-bond donors (Lipinski definition) is 2. The van der Waals surface area contributed by atoms with Gasteiger partial charge in [0.2, 0.25) is 0 Å². The Hall–Kier alpha value is -0.220. The van der Waals surface area contributed by atoms with Crippen molar-refractivity contribution in [3.63, 3.8) is 0 Å². The molecule has 3 nitrogen and oxygen atoms in total. The number of unbranched alkanes of at least 4 members (excludes halogenated alkanes) is 3. The fourth-order valence-corrected chi connectivity index (χ4v) is 1.13. The molecule has 1 amide bonds. The third kappa shape index (κ3) is 7.88. The van der Waals surface area contributed by atoms with Crippen LogP contribution in [0, 0.1) is 0 Å². The molecule has 3 N–H and O–H groups in total. The molecule has 0 atom stereocenters. The van der Waals surface area contributed by atoms with Gasteiger partial charge in [-0.3, -0.25) is 4.79 Å². The van der Waals surface area contributed by atoms with Gasteiger partial charge < -0.3 is 11.1 Å². The third-order valence-electron chi connectivity index (χ3n) is 1.59. The number of thioether (sulfide) groups is 1. The van der Waals surface area contributed by atoms with Gasteiger partial charge in [0.25, 0.3) is 5.24 Å². The molecule has 0 bridgehead atoms. The fourth-order valence-electron chi connectivity index (χ4n) is 0.886. The Morgan fingerprint density at radius 2 is 2.00 bits per heavy atom. The molecule has 0 fully saturated rings. The zero-order valence-electron chi connectivity index (χ0n) is 7.64. The van der Waals surface area contributed by atoms with E-state index in [1.165, 1.54) is 18.2 Å². The molecule has 12 heavy (non-hydrogen) atoms. The summed E-state index contributed by atoms with van der Waals surface area (Å²) in [6, 6.07) is 0. The maximum Gasteiger partial charge on any atom is 0.278 e. The Kier molecular flexibility index (Phi) is 8.71. The van der Waals surface area contributed by atoms with E-state index < -0.39 is 0 Å². The number of nitrogens with two attached hydrogens (primary N) is 1. The van der Waals surface area contributed by atoms with Crippen LogP contribution in [-0.4, -0.2) is 24.6 Å². The van der Waals surface area contributed by atoms with Crippen molar-refractivity contribution >= 4 is 17.0 Å². The molecular formula is C8H18N2OS. The molecule has 0 unspecified atom stereocenters. The maximum absolute atomic E-state index is 10.7. The summed E-state index contributed by atoms with van der Waals surface area (Å²) < 4.78 is 0. The Bertz CT molecular complexity index is 120. The van der Waals surface area contributed by atoms with Gasteiger partial charge in [0.1, 0.15) is 0 Å². The van der Waals surface area contributed by atoms with E-state index in [-0.39, 0.29) is 5.24 Å². The molecule has 0 heterocycles. The Morgan fingerprint density at radius 1 is 1.33 bits per heavy atom. The normalized spacial score (nSPS) is 9.83. The number of amides is 1. The first-order valence-electron chi connectivity index (χ1n) is 4.33. The molecule has 0 aliphatic carbocycles. The van der Waals surface area contributed by atoms with E-state index in [1.54, 1.807) is 6.26 Å². The number of hydrogen-bond acceptors (Lipinski definition) is 3. The SMILES string of the molecule is CSC(=O)NCCCCCCN. The Labute approximate surface area is 78.5 Å². The molecule has 0 spiro atoms. The van der Waals surface area contributed by atoms with Crippen LogP contribution in [0.1, 0.15) is 25.7 Å². The average molecular weight is 190 g/mol. The molecule has 0 aromatic carbocycles. The van der Waals surface area contributed by atoms with E-state index in [4.69, 9.17) is 5.73 Å². The number of carbonyl (C=O) groups excluding carboxylic acids is 1. The predicted molar refractivity (Wildman–Crippen MR) is 54.4 cm³/mol. The van der Waals surface area contributed by atoms with Crippen molar-refractivity contribution in [3.05, 3.63) is 0 Å². The van der Waals surface area contributed by atoms with Crippen LogP contribution in [0.3, 0.4) is 0 Å². The highest BCUT2D eigenvalue weighted by molar-refractivity contribution is 8.12. The van der Waals surface area contributed by atoms with Crippen LogP contribution in [0.5, 0.6) is 0 Å². The minimum atomic E-state index is 0.0637. The Morgan fingerprint density at radius 3 is 2.58 bits per heavy atom. The molecule has 4 heteroatoms. The first-order valence-corrected chi connectivity index (χ1v) is 5.55. The molecule has 0 aromatic heterocycles. The van der Waals surface area contributed by atoms with Crippen LogP contribution in [0.25, 0.3) is 0 Å². The third-order valence-corrected chi connectivity index (χ3v) is 2.10. The first kappa shape index (κ1) is 11.8. The first-order chi connectivity index (χ1) is 5.81. The molecular weight excluding hydrogens is 172 g/mol. The lowest BCUT2D eigenvalue weighted by Crippen LogP contribution is -2.19. The summed E-state index contributed by atoms with van der Waals surface area (Å²) in [5.41, 5.74) is 5.34. The van der Waals surface area contributed by atoms with E-state index in [1.807, 2.05) is 0 Å². The van der Waals surface area contributed by atoms with Gasteiger partial charge in [-0.2, -0.15) is 0 Å². The molecule has 0 saturated carbocycles. The quantitative estimate of drug-likeness (QED) is 0.625. The number of carbonyl (C=O) groups is 1. The van der Waals surface area contributed by atoms with Gasteiger partial charge in [-0.05, 0) is 25.6 Å². The van der Waals surface area contributed by atoms with Crippen molar-refractivity contribution in [2.24, 2.45) is 5.73 Å². The fraction of sp³-hybridized carbons (Fsp3) is 0.875. The minimum Gasteiger partial charge on any atom is -0.347 e. The maximum atomic E-state index is 10.7. The largest absolute Gasteiger partial charge is 0.347 e. The predicted octanol–water partition coefficient (Wildman–Crippen LogP) is 1.58. The summed E-state index contributed by atoms with van der Waals surface area (Å²) in [5, 5.41) is 2.87. The average Bonchev–Trinajstić information content (AvgIpc) is 2.10. The van der Waals surface area contributed by atoms with Crippen molar-refractivity contribution in [1.82, 2.24) is 5.32 Å². The highest BCUT2D eigenvalue weighted by Crippen LogP contribution is 1.98. The molecule has 0 radical (unpaired) electrons. The van der Waals surface area contributed by atoms with E-state index in [9.17, 15) is 4.79 Å². The van der Waals surface area contributed by atoms with Crippen LogP contribution in [-0.2, 0) is 0 Å². The van der Waals surface area contributed by atoms with Crippen LogP contribution >= 0.6 is 11.8 Å². The van der Waals surface area contributed by atoms with Crippen molar-refractivity contribution < 1.29 is 4.79 Å². The highest BCUT2D eigenvalue weighted by Gasteiger charge is 1.94. The second-order valence-electron chi connectivity index (χ2n) is 2.62. The summed E-state index contributed by atoms with van der Waals surface area (Å²) in [6.45, 7) is 1.57. The summed E-state index contributed by atoms with van der Waals surface area (Å²) in [5.74, 6) is 0. The lowest BCUT2D eigenvalue weighted by Gasteiger charge is -2.01. The lowest BCUT2D eigenvalue weighted by molar-refractivity contribution is 0.260. The summed E-state index contributed by atoms with van der Waals surface area (Å²) in [7, 11) is 0. The molecule has 0 aliphatic heterocycles. The summed E-state index contributed by atoms with van der Waals surface area (Å²) in [4.78, 5) is 10.7. The molecule has 0 aromatic rings. The van der Waals surface area contributed by atoms with E-state index in [2.05, 4.69) is 5.32 Å². The van der Waals surface area contributed by atoms with E-state index >= 15 is 0 Å². The van der Waals surface area contributed by atoms with Crippen LogP contribution in [0.15, 0.2) is 0 Å². The summed E-state index contributed by atoms with van der Waals surface area (Å²) >= 11 is 1.22. The zero-order valence-corrected chi connectivity index (χ0v) is 8.45. The zero-order chi connectivity index (χ0) is 9.23. The molecule has 0 aliphatic rings. The van der Waals surface area contributed by atoms with Gasteiger partial charge in [0.05, 0.1) is 0 Å². The van der Waals surface area contributed by atoms with Gasteiger partial charge in [-0.15, -0.1) is 0 Å². The van der Waals surface area contributed by atoms with E-state index in [0.29, 0.717) is 0 Å². The smallest absolute Gasteiger partial charge is 0.278 e. The van der Waals surface area contributed by atoms with Gasteiger partial charge in [0, 0.05) is 6.54 Å². The van der Waals surface area contributed by atoms with Crippen molar-refractivity contribution in [3.8, 4) is 0 Å². The standard InChI is InChI=1S/C8H18N2OS/c1-12-8(11)10-7-5-3-2-4-6-9/h2-7,9H2,1H3,(H,10,11). The van der Waals surface area contributed by atoms with Gasteiger partial charge in [-0.1, -0.05) is 24.6 Å². The molecule has 0 saturated heterocycles. The van der Waals surface area contributed by atoms with Gasteiger partial charge in [0.15, 0.2) is 0 Å². The van der Waals surface area contributed by atoms with Crippen molar-refractivity contribution in [2.75, 3.05) is 19.3 Å². The monoisotopic (exact) mass is 190 g/mol. The minimum absolute atomic E-state index is 0.0637. The van der Waals surface area contributed by atoms with Crippen LogP contribution in [0.4, 0.5) is 4.79 Å². The molecule has 0 rings (SSSR count).